The Bertz CT molecular complexity index is 215. The van der Waals surface area contributed by atoms with Crippen LogP contribution in [-0.4, -0.2) is 37.6 Å². The Labute approximate surface area is 115 Å². The number of nitrogens with zero attached hydrogens (tertiary/aromatic N) is 1. The van der Waals surface area contributed by atoms with Gasteiger partial charge in [-0.3, -0.25) is 0 Å². The van der Waals surface area contributed by atoms with Crippen molar-refractivity contribution >= 4 is 0 Å². The first-order valence-electron chi connectivity index (χ1n) is 7.94. The van der Waals surface area contributed by atoms with Gasteiger partial charge in [0.25, 0.3) is 0 Å². The molecule has 0 saturated heterocycles. The summed E-state index contributed by atoms with van der Waals surface area (Å²) in [4.78, 5) is 2.55. The molecule has 1 aliphatic carbocycles. The van der Waals surface area contributed by atoms with Crippen LogP contribution in [0.25, 0.3) is 0 Å². The lowest BCUT2D eigenvalue weighted by atomic mass is 9.78. The van der Waals surface area contributed by atoms with E-state index in [9.17, 15) is 0 Å². The Kier molecular flexibility index (Phi) is 7.25. The van der Waals surface area contributed by atoms with E-state index < -0.39 is 0 Å². The summed E-state index contributed by atoms with van der Waals surface area (Å²) in [5.74, 6) is 2.59. The highest BCUT2D eigenvalue weighted by Crippen LogP contribution is 2.29. The summed E-state index contributed by atoms with van der Waals surface area (Å²) >= 11 is 0. The van der Waals surface area contributed by atoms with Gasteiger partial charge >= 0.3 is 0 Å². The monoisotopic (exact) mass is 254 g/mol. The zero-order chi connectivity index (χ0) is 13.5. The maximum Gasteiger partial charge on any atom is 0.0108 e. The summed E-state index contributed by atoms with van der Waals surface area (Å²) in [6.07, 6.45) is 5.51. The average Bonchev–Trinajstić information content (AvgIpc) is 2.30. The predicted molar refractivity (Wildman–Crippen MR) is 80.9 cm³/mol. The molecule has 0 bridgehead atoms. The number of rotatable bonds is 7. The Morgan fingerprint density at radius 1 is 1.28 bits per heavy atom. The van der Waals surface area contributed by atoms with Gasteiger partial charge in [-0.15, -0.1) is 0 Å². The maximum absolute atomic E-state index is 3.70. The fourth-order valence-electron chi connectivity index (χ4n) is 3.20. The van der Waals surface area contributed by atoms with E-state index in [1.54, 1.807) is 0 Å². The highest BCUT2D eigenvalue weighted by molar-refractivity contribution is 4.84. The van der Waals surface area contributed by atoms with Crippen molar-refractivity contribution in [3.05, 3.63) is 0 Å². The van der Waals surface area contributed by atoms with E-state index in [0.29, 0.717) is 0 Å². The molecule has 0 aromatic rings. The molecule has 0 aromatic carbocycles. The van der Waals surface area contributed by atoms with Crippen LogP contribution in [0, 0.1) is 17.8 Å². The van der Waals surface area contributed by atoms with E-state index in [1.807, 2.05) is 0 Å². The van der Waals surface area contributed by atoms with Crippen molar-refractivity contribution < 1.29 is 0 Å². The molecule has 18 heavy (non-hydrogen) atoms. The summed E-state index contributed by atoms with van der Waals surface area (Å²) in [6.45, 7) is 12.9. The minimum atomic E-state index is 0.757. The molecule has 0 radical (unpaired) electrons. The van der Waals surface area contributed by atoms with Crippen molar-refractivity contribution in [1.29, 1.82) is 0 Å². The lowest BCUT2D eigenvalue weighted by Gasteiger charge is -2.37. The van der Waals surface area contributed by atoms with E-state index in [-0.39, 0.29) is 0 Å². The summed E-state index contributed by atoms with van der Waals surface area (Å²) in [6, 6.07) is 0.757. The molecule has 1 saturated carbocycles. The van der Waals surface area contributed by atoms with Crippen LogP contribution in [0.1, 0.15) is 53.4 Å². The third-order valence-corrected chi connectivity index (χ3v) is 4.35. The molecular formula is C16H34N2. The van der Waals surface area contributed by atoms with Gasteiger partial charge in [-0.1, -0.05) is 27.7 Å². The molecule has 0 amide bonds. The molecule has 2 heteroatoms. The van der Waals surface area contributed by atoms with Crippen LogP contribution in [0.3, 0.4) is 0 Å². The molecular weight excluding hydrogens is 220 g/mol. The van der Waals surface area contributed by atoms with Crippen LogP contribution in [0.15, 0.2) is 0 Å². The van der Waals surface area contributed by atoms with Gasteiger partial charge in [0.15, 0.2) is 0 Å². The molecule has 0 heterocycles. The van der Waals surface area contributed by atoms with E-state index in [2.05, 4.69) is 45.0 Å². The average molecular weight is 254 g/mol. The SMILES string of the molecule is CCNC1CCC(C)CC1CN(C)CCC(C)C. The second kappa shape index (κ2) is 8.16. The second-order valence-corrected chi connectivity index (χ2v) is 6.79. The molecule has 3 unspecified atom stereocenters. The molecule has 1 aliphatic rings. The van der Waals surface area contributed by atoms with Gasteiger partial charge in [0.05, 0.1) is 0 Å². The van der Waals surface area contributed by atoms with E-state index in [0.717, 1.165) is 30.3 Å². The van der Waals surface area contributed by atoms with Crippen LogP contribution in [0.2, 0.25) is 0 Å². The number of hydrogen-bond acceptors (Lipinski definition) is 2. The molecule has 1 fully saturated rings. The first kappa shape index (κ1) is 16.0. The zero-order valence-electron chi connectivity index (χ0n) is 13.2. The molecule has 0 aromatic heterocycles. The molecule has 2 nitrogen and oxygen atoms in total. The van der Waals surface area contributed by atoms with Crippen molar-refractivity contribution in [2.45, 2.75) is 59.4 Å². The van der Waals surface area contributed by atoms with E-state index in [1.165, 1.54) is 38.8 Å². The number of hydrogen-bond donors (Lipinski definition) is 1. The third kappa shape index (κ3) is 5.71. The predicted octanol–water partition coefficient (Wildman–Crippen LogP) is 3.38. The van der Waals surface area contributed by atoms with Crippen molar-refractivity contribution in [3.63, 3.8) is 0 Å². The second-order valence-electron chi connectivity index (χ2n) is 6.79. The van der Waals surface area contributed by atoms with Crippen LogP contribution in [0.4, 0.5) is 0 Å². The molecule has 1 N–H and O–H groups in total. The zero-order valence-corrected chi connectivity index (χ0v) is 13.2. The molecule has 0 spiro atoms. The fourth-order valence-corrected chi connectivity index (χ4v) is 3.20. The van der Waals surface area contributed by atoms with Gasteiger partial charge in [0.1, 0.15) is 0 Å². The highest BCUT2D eigenvalue weighted by atomic mass is 15.1. The van der Waals surface area contributed by atoms with Crippen LogP contribution in [-0.2, 0) is 0 Å². The molecule has 1 rings (SSSR count). The Balaban J connectivity index is 2.39. The molecule has 3 atom stereocenters. The van der Waals surface area contributed by atoms with Gasteiger partial charge in [0, 0.05) is 12.6 Å². The van der Waals surface area contributed by atoms with E-state index in [4.69, 9.17) is 0 Å². The summed E-state index contributed by atoms with van der Waals surface area (Å²) in [5, 5.41) is 3.70. The minimum Gasteiger partial charge on any atom is -0.314 e. The van der Waals surface area contributed by atoms with Crippen molar-refractivity contribution in [1.82, 2.24) is 10.2 Å². The standard InChI is InChI=1S/C16H34N2/c1-6-17-16-8-7-14(4)11-15(16)12-18(5)10-9-13(2)3/h13-17H,6-12H2,1-5H3. The fraction of sp³-hybridized carbons (Fsp3) is 1.00. The van der Waals surface area contributed by atoms with Crippen LogP contribution < -0.4 is 5.32 Å². The van der Waals surface area contributed by atoms with Crippen LogP contribution in [0.5, 0.6) is 0 Å². The highest BCUT2D eigenvalue weighted by Gasteiger charge is 2.28. The summed E-state index contributed by atoms with van der Waals surface area (Å²) < 4.78 is 0. The third-order valence-electron chi connectivity index (χ3n) is 4.35. The normalized spacial score (nSPS) is 29.2. The molecule has 108 valence electrons. The van der Waals surface area contributed by atoms with Gasteiger partial charge in [-0.25, -0.2) is 0 Å². The van der Waals surface area contributed by atoms with Crippen molar-refractivity contribution in [2.75, 3.05) is 26.7 Å². The number of nitrogens with one attached hydrogen (secondary N) is 1. The minimum absolute atomic E-state index is 0.757. The maximum atomic E-state index is 3.70. The van der Waals surface area contributed by atoms with E-state index >= 15 is 0 Å². The Hall–Kier alpha value is -0.0800. The lowest BCUT2D eigenvalue weighted by Crippen LogP contribution is -2.45. The summed E-state index contributed by atoms with van der Waals surface area (Å²) in [5.41, 5.74) is 0. The first-order chi connectivity index (χ1) is 8.52. The van der Waals surface area contributed by atoms with Crippen molar-refractivity contribution in [3.8, 4) is 0 Å². The van der Waals surface area contributed by atoms with Gasteiger partial charge in [-0.2, -0.15) is 0 Å². The largest absolute Gasteiger partial charge is 0.314 e. The molecule has 0 aliphatic heterocycles. The van der Waals surface area contributed by atoms with Gasteiger partial charge < -0.3 is 10.2 Å². The van der Waals surface area contributed by atoms with Crippen molar-refractivity contribution in [2.24, 2.45) is 17.8 Å². The topological polar surface area (TPSA) is 15.3 Å². The van der Waals surface area contributed by atoms with Crippen LogP contribution >= 0.6 is 0 Å². The Morgan fingerprint density at radius 2 is 2.00 bits per heavy atom. The van der Waals surface area contributed by atoms with Gasteiger partial charge in [-0.05, 0) is 63.6 Å². The smallest absolute Gasteiger partial charge is 0.0108 e. The lowest BCUT2D eigenvalue weighted by molar-refractivity contribution is 0.158. The quantitative estimate of drug-likeness (QED) is 0.749. The van der Waals surface area contributed by atoms with Gasteiger partial charge in [0.2, 0.25) is 0 Å². The summed E-state index contributed by atoms with van der Waals surface area (Å²) in [7, 11) is 2.30. The Morgan fingerprint density at radius 3 is 2.61 bits per heavy atom. The first-order valence-corrected chi connectivity index (χ1v) is 7.94.